The number of methoxy groups -OCH3 is 2. The summed E-state index contributed by atoms with van der Waals surface area (Å²) in [5, 5.41) is 0. The fraction of sp³-hybridized carbons (Fsp3) is 0.222. The molecule has 1 aromatic heterocycles. The molecule has 0 radical (unpaired) electrons. The largest absolute Gasteiger partial charge is 0.493 e. The topological polar surface area (TPSA) is 54.7 Å². The Morgan fingerprint density at radius 2 is 1.58 bits per heavy atom. The maximum absolute atomic E-state index is 6.12. The Balaban J connectivity index is 1.52. The third-order valence-electron chi connectivity index (χ3n) is 5.34. The fourth-order valence-corrected chi connectivity index (χ4v) is 3.74. The molecule has 4 rings (SSSR count). The van der Waals surface area contributed by atoms with Gasteiger partial charge in [0.2, 0.25) is 0 Å². The van der Waals surface area contributed by atoms with Gasteiger partial charge in [-0.3, -0.25) is 0 Å². The van der Waals surface area contributed by atoms with Crippen LogP contribution >= 0.6 is 0 Å². The summed E-state index contributed by atoms with van der Waals surface area (Å²) < 4.78 is 25.2. The molecule has 0 aliphatic heterocycles. The Hall–Kier alpha value is -3.93. The van der Waals surface area contributed by atoms with E-state index in [9.17, 15) is 0 Å². The van der Waals surface area contributed by atoms with Crippen molar-refractivity contribution in [1.29, 1.82) is 0 Å². The number of hydrogen-bond donors (Lipinski definition) is 0. The van der Waals surface area contributed by atoms with Gasteiger partial charge in [-0.2, -0.15) is 0 Å². The highest BCUT2D eigenvalue weighted by Gasteiger charge is 2.13. The van der Waals surface area contributed by atoms with Gasteiger partial charge in [0.1, 0.15) is 19.0 Å². The fourth-order valence-electron chi connectivity index (χ4n) is 3.74. The second-order valence-corrected chi connectivity index (χ2v) is 7.43. The first kappa shape index (κ1) is 22.3. The Morgan fingerprint density at radius 1 is 0.848 bits per heavy atom. The van der Waals surface area contributed by atoms with Crippen LogP contribution in [0.2, 0.25) is 0 Å². The van der Waals surface area contributed by atoms with Crippen LogP contribution < -0.4 is 18.9 Å². The first-order valence-electron chi connectivity index (χ1n) is 10.8. The monoisotopic (exact) mass is 444 g/mol. The van der Waals surface area contributed by atoms with E-state index in [2.05, 4.69) is 17.2 Å². The quantitative estimate of drug-likeness (QED) is 0.288. The van der Waals surface area contributed by atoms with Gasteiger partial charge in [-0.05, 0) is 48.4 Å². The van der Waals surface area contributed by atoms with Crippen molar-refractivity contribution in [3.63, 3.8) is 0 Å². The lowest BCUT2D eigenvalue weighted by Gasteiger charge is -2.14. The highest BCUT2D eigenvalue weighted by Crippen LogP contribution is 2.30. The highest BCUT2D eigenvalue weighted by molar-refractivity contribution is 5.75. The van der Waals surface area contributed by atoms with Gasteiger partial charge in [0, 0.05) is 0 Å². The van der Waals surface area contributed by atoms with Crippen LogP contribution in [0, 0.1) is 0 Å². The molecular formula is C27H28N2O4. The van der Waals surface area contributed by atoms with Crippen LogP contribution in [-0.2, 0) is 19.6 Å². The molecule has 0 fully saturated rings. The summed E-state index contributed by atoms with van der Waals surface area (Å²) in [5.41, 5.74) is 3.07. The first-order chi connectivity index (χ1) is 16.2. The summed E-state index contributed by atoms with van der Waals surface area (Å²) in [5.74, 6) is 3.61. The summed E-state index contributed by atoms with van der Waals surface area (Å²) in [6.07, 6.45) is 2.64. The Kier molecular flexibility index (Phi) is 7.15. The van der Waals surface area contributed by atoms with E-state index in [0.29, 0.717) is 42.8 Å². The normalized spacial score (nSPS) is 10.7. The third-order valence-corrected chi connectivity index (χ3v) is 5.34. The molecule has 0 aliphatic carbocycles. The number of benzene rings is 3. The summed E-state index contributed by atoms with van der Waals surface area (Å²) in [7, 11) is 3.28. The predicted octanol–water partition coefficient (Wildman–Crippen LogP) is 5.44. The van der Waals surface area contributed by atoms with E-state index in [1.54, 1.807) is 14.2 Å². The molecule has 0 atom stereocenters. The molecule has 0 aliphatic rings. The maximum atomic E-state index is 6.12. The number of para-hydroxylation sites is 4. The molecule has 0 spiro atoms. The van der Waals surface area contributed by atoms with Crippen LogP contribution in [0.5, 0.6) is 23.0 Å². The summed E-state index contributed by atoms with van der Waals surface area (Å²) in [4.78, 5) is 4.79. The van der Waals surface area contributed by atoms with Crippen LogP contribution in [0.4, 0.5) is 0 Å². The van der Waals surface area contributed by atoms with Crippen LogP contribution in [0.3, 0.4) is 0 Å². The minimum absolute atomic E-state index is 0.306. The van der Waals surface area contributed by atoms with Crippen molar-refractivity contribution in [2.45, 2.75) is 19.6 Å². The molecular weight excluding hydrogens is 416 g/mol. The van der Waals surface area contributed by atoms with Gasteiger partial charge >= 0.3 is 0 Å². The van der Waals surface area contributed by atoms with Crippen molar-refractivity contribution >= 4 is 11.0 Å². The highest BCUT2D eigenvalue weighted by atomic mass is 16.5. The number of allylic oxidation sites excluding steroid dienone is 1. The van der Waals surface area contributed by atoms with Gasteiger partial charge in [0.05, 0.1) is 31.8 Å². The van der Waals surface area contributed by atoms with Crippen LogP contribution in [0.15, 0.2) is 79.4 Å². The number of nitrogens with zero attached hydrogens (tertiary/aromatic N) is 2. The summed E-state index contributed by atoms with van der Waals surface area (Å²) >= 11 is 0. The van der Waals surface area contributed by atoms with E-state index in [4.69, 9.17) is 23.9 Å². The molecule has 0 amide bonds. The second kappa shape index (κ2) is 10.6. The van der Waals surface area contributed by atoms with E-state index in [-0.39, 0.29) is 0 Å². The van der Waals surface area contributed by atoms with Crippen LogP contribution in [0.1, 0.15) is 11.4 Å². The van der Waals surface area contributed by atoms with Crippen molar-refractivity contribution in [2.24, 2.45) is 0 Å². The minimum atomic E-state index is 0.306. The van der Waals surface area contributed by atoms with E-state index in [1.165, 1.54) is 0 Å². The van der Waals surface area contributed by atoms with Crippen molar-refractivity contribution in [2.75, 3.05) is 20.8 Å². The van der Waals surface area contributed by atoms with Gasteiger partial charge in [-0.25, -0.2) is 4.98 Å². The summed E-state index contributed by atoms with van der Waals surface area (Å²) in [6, 6.07) is 21.6. The number of rotatable bonds is 11. The van der Waals surface area contributed by atoms with Gasteiger partial charge in [0.15, 0.2) is 23.0 Å². The third kappa shape index (κ3) is 5.12. The minimum Gasteiger partial charge on any atom is -0.493 e. The average Bonchev–Trinajstić information content (AvgIpc) is 3.21. The number of aromatic nitrogens is 2. The van der Waals surface area contributed by atoms with Gasteiger partial charge in [-0.15, -0.1) is 6.58 Å². The Morgan fingerprint density at radius 3 is 2.36 bits per heavy atom. The molecule has 1 heterocycles. The maximum Gasteiger partial charge on any atom is 0.161 e. The van der Waals surface area contributed by atoms with Gasteiger partial charge < -0.3 is 23.5 Å². The van der Waals surface area contributed by atoms with Crippen LogP contribution in [0.25, 0.3) is 11.0 Å². The zero-order valence-corrected chi connectivity index (χ0v) is 19.0. The van der Waals surface area contributed by atoms with E-state index in [1.807, 2.05) is 66.7 Å². The lowest BCUT2D eigenvalue weighted by atomic mass is 10.1. The molecule has 0 bridgehead atoms. The molecule has 0 N–H and O–H groups in total. The molecule has 6 heteroatoms. The van der Waals surface area contributed by atoms with E-state index < -0.39 is 0 Å². The van der Waals surface area contributed by atoms with Crippen molar-refractivity contribution in [1.82, 2.24) is 9.55 Å². The molecule has 4 aromatic rings. The number of fused-ring (bicyclic) bond motifs is 1. The molecule has 0 unspecified atom stereocenters. The van der Waals surface area contributed by atoms with Crippen molar-refractivity contribution in [3.05, 3.63) is 90.8 Å². The van der Waals surface area contributed by atoms with Gasteiger partial charge in [-0.1, -0.05) is 36.4 Å². The van der Waals surface area contributed by atoms with Crippen molar-refractivity contribution in [3.8, 4) is 23.0 Å². The molecule has 0 saturated carbocycles. The lowest BCUT2D eigenvalue weighted by Crippen LogP contribution is -2.13. The van der Waals surface area contributed by atoms with Crippen LogP contribution in [-0.4, -0.2) is 30.4 Å². The number of hydrogen-bond acceptors (Lipinski definition) is 5. The van der Waals surface area contributed by atoms with E-state index in [0.717, 1.165) is 28.8 Å². The SMILES string of the molecule is C=CCc1ccc(OCc2nc3ccccc3n2CCOc2ccccc2OC)c(OC)c1. The molecule has 170 valence electrons. The van der Waals surface area contributed by atoms with Gasteiger partial charge in [0.25, 0.3) is 0 Å². The predicted molar refractivity (Wildman–Crippen MR) is 129 cm³/mol. The molecule has 33 heavy (non-hydrogen) atoms. The Labute approximate surface area is 194 Å². The first-order valence-corrected chi connectivity index (χ1v) is 10.8. The molecule has 3 aromatic carbocycles. The smallest absolute Gasteiger partial charge is 0.161 e. The summed E-state index contributed by atoms with van der Waals surface area (Å²) in [6.45, 7) is 5.18. The standard InChI is InChI=1S/C27H28N2O4/c1-4-9-20-14-15-25(26(18-20)31-3)33-19-27-28-21-10-5-6-11-22(21)29(27)16-17-32-24-13-8-7-12-23(24)30-2/h4-8,10-15,18H,1,9,16-17,19H2,2-3H3. The Bertz CT molecular complexity index is 1230. The van der Waals surface area contributed by atoms with E-state index >= 15 is 0 Å². The molecule has 0 saturated heterocycles. The lowest BCUT2D eigenvalue weighted by molar-refractivity contribution is 0.257. The zero-order valence-electron chi connectivity index (χ0n) is 19.0. The molecule has 6 nitrogen and oxygen atoms in total. The average molecular weight is 445 g/mol. The van der Waals surface area contributed by atoms with Crippen molar-refractivity contribution < 1.29 is 18.9 Å². The second-order valence-electron chi connectivity index (χ2n) is 7.43. The number of ether oxygens (including phenoxy) is 4. The zero-order chi connectivity index (χ0) is 23.0. The number of imidazole rings is 1.